The molecular formula is C9H7N3O2S. The predicted octanol–water partition coefficient (Wildman–Crippen LogP) is 1.76. The second kappa shape index (κ2) is 4.19. The first-order chi connectivity index (χ1) is 7.29. The fourth-order valence-corrected chi connectivity index (χ4v) is 1.39. The maximum Gasteiger partial charge on any atom is 0.277 e. The minimum Gasteiger partial charge on any atom is -0.409 e. The molecule has 0 N–H and O–H groups in total. The number of hydrogen-bond acceptors (Lipinski definition) is 6. The lowest BCUT2D eigenvalue weighted by Crippen LogP contribution is -1.75. The molecule has 76 valence electrons. The topological polar surface area (TPSA) is 65.0 Å². The summed E-state index contributed by atoms with van der Waals surface area (Å²) < 4.78 is 10.2. The van der Waals surface area contributed by atoms with Crippen LogP contribution >= 0.6 is 11.8 Å². The van der Waals surface area contributed by atoms with Crippen molar-refractivity contribution in [1.82, 2.24) is 15.4 Å². The average molecular weight is 221 g/mol. The molecule has 0 fully saturated rings. The molecule has 15 heavy (non-hydrogen) atoms. The highest BCUT2D eigenvalue weighted by molar-refractivity contribution is 7.99. The summed E-state index contributed by atoms with van der Waals surface area (Å²) >= 11 is 1.31. The van der Waals surface area contributed by atoms with E-state index in [1.165, 1.54) is 11.8 Å². The van der Waals surface area contributed by atoms with E-state index in [9.17, 15) is 0 Å². The zero-order valence-electron chi connectivity index (χ0n) is 7.93. The summed E-state index contributed by atoms with van der Waals surface area (Å²) in [6, 6.07) is 1.73. The summed E-state index contributed by atoms with van der Waals surface area (Å²) in [7, 11) is 0. The van der Waals surface area contributed by atoms with Crippen LogP contribution in [0.2, 0.25) is 0 Å². The number of terminal acetylenes is 1. The Bertz CT molecular complexity index is 497. The van der Waals surface area contributed by atoms with Crippen LogP contribution in [0, 0.1) is 19.3 Å². The maximum absolute atomic E-state index is 5.31. The first-order valence-corrected chi connectivity index (χ1v) is 5.11. The van der Waals surface area contributed by atoms with Crippen molar-refractivity contribution in [3.8, 4) is 23.9 Å². The van der Waals surface area contributed by atoms with Gasteiger partial charge in [0.1, 0.15) is 5.76 Å². The molecule has 0 saturated carbocycles. The molecular weight excluding hydrogens is 214 g/mol. The van der Waals surface area contributed by atoms with Crippen molar-refractivity contribution in [3.63, 3.8) is 0 Å². The normalized spacial score (nSPS) is 10.1. The van der Waals surface area contributed by atoms with E-state index in [1.54, 1.807) is 13.0 Å². The van der Waals surface area contributed by atoms with Crippen LogP contribution in [0.3, 0.4) is 0 Å². The van der Waals surface area contributed by atoms with Gasteiger partial charge in [-0.05, 0) is 6.92 Å². The zero-order valence-corrected chi connectivity index (χ0v) is 8.74. The molecule has 0 aliphatic heterocycles. The molecule has 5 nitrogen and oxygen atoms in total. The minimum absolute atomic E-state index is 0.339. The Morgan fingerprint density at radius 1 is 1.53 bits per heavy atom. The van der Waals surface area contributed by atoms with Crippen LogP contribution in [-0.2, 0) is 0 Å². The Hall–Kier alpha value is -1.74. The van der Waals surface area contributed by atoms with E-state index in [-0.39, 0.29) is 0 Å². The van der Waals surface area contributed by atoms with Crippen LogP contribution in [0.25, 0.3) is 11.6 Å². The van der Waals surface area contributed by atoms with Gasteiger partial charge >= 0.3 is 0 Å². The van der Waals surface area contributed by atoms with Gasteiger partial charge in [0.15, 0.2) is 5.69 Å². The molecule has 0 bridgehead atoms. The standard InChI is InChI=1S/C9H7N3O2S/c1-3-4-15-9-11-10-8(13-9)7-5-6(2)14-12-7/h1,5H,4H2,2H3. The van der Waals surface area contributed by atoms with E-state index in [0.717, 1.165) is 0 Å². The second-order valence-corrected chi connectivity index (χ2v) is 3.62. The van der Waals surface area contributed by atoms with Crippen molar-refractivity contribution in [2.24, 2.45) is 0 Å². The number of aryl methyl sites for hydroxylation is 1. The Labute approximate surface area is 90.2 Å². The molecule has 0 spiro atoms. The Morgan fingerprint density at radius 2 is 2.40 bits per heavy atom. The van der Waals surface area contributed by atoms with Crippen LogP contribution < -0.4 is 0 Å². The summed E-state index contributed by atoms with van der Waals surface area (Å²) in [5.74, 6) is 4.00. The largest absolute Gasteiger partial charge is 0.409 e. The van der Waals surface area contributed by atoms with Gasteiger partial charge in [0.05, 0.1) is 5.75 Å². The fraction of sp³-hybridized carbons (Fsp3) is 0.222. The molecule has 2 rings (SSSR count). The van der Waals surface area contributed by atoms with Crippen molar-refractivity contribution in [1.29, 1.82) is 0 Å². The zero-order chi connectivity index (χ0) is 10.7. The molecule has 2 aromatic rings. The van der Waals surface area contributed by atoms with Crippen molar-refractivity contribution in [2.75, 3.05) is 5.75 Å². The average Bonchev–Trinajstić information content (AvgIpc) is 2.83. The van der Waals surface area contributed by atoms with Crippen molar-refractivity contribution in [3.05, 3.63) is 11.8 Å². The molecule has 2 aromatic heterocycles. The molecule has 0 unspecified atom stereocenters. The smallest absolute Gasteiger partial charge is 0.277 e. The molecule has 0 aliphatic carbocycles. The van der Waals surface area contributed by atoms with E-state index >= 15 is 0 Å². The quantitative estimate of drug-likeness (QED) is 0.581. The highest BCUT2D eigenvalue weighted by Gasteiger charge is 2.12. The lowest BCUT2D eigenvalue weighted by atomic mass is 10.4. The van der Waals surface area contributed by atoms with E-state index in [1.807, 2.05) is 0 Å². The number of nitrogens with zero attached hydrogens (tertiary/aromatic N) is 3. The van der Waals surface area contributed by atoms with Crippen LogP contribution in [-0.4, -0.2) is 21.1 Å². The highest BCUT2D eigenvalue weighted by atomic mass is 32.2. The van der Waals surface area contributed by atoms with Gasteiger partial charge in [0, 0.05) is 6.07 Å². The van der Waals surface area contributed by atoms with Crippen molar-refractivity contribution < 1.29 is 8.94 Å². The van der Waals surface area contributed by atoms with Gasteiger partial charge in [-0.1, -0.05) is 22.8 Å². The molecule has 2 heterocycles. The van der Waals surface area contributed by atoms with Gasteiger partial charge in [-0.3, -0.25) is 0 Å². The number of rotatable bonds is 3. The Kier molecular flexibility index (Phi) is 2.74. The Balaban J connectivity index is 2.17. The Morgan fingerprint density at radius 3 is 3.07 bits per heavy atom. The monoisotopic (exact) mass is 221 g/mol. The molecule has 0 saturated heterocycles. The van der Waals surface area contributed by atoms with Crippen LogP contribution in [0.5, 0.6) is 0 Å². The van der Waals surface area contributed by atoms with Gasteiger partial charge in [0.2, 0.25) is 0 Å². The molecule has 0 amide bonds. The summed E-state index contributed by atoms with van der Waals surface area (Å²) in [4.78, 5) is 0. The molecule has 6 heteroatoms. The number of aromatic nitrogens is 3. The first kappa shape index (κ1) is 9.80. The first-order valence-electron chi connectivity index (χ1n) is 4.13. The van der Waals surface area contributed by atoms with Gasteiger partial charge in [-0.15, -0.1) is 16.6 Å². The molecule has 0 aromatic carbocycles. The van der Waals surface area contributed by atoms with Crippen LogP contribution in [0.4, 0.5) is 0 Å². The van der Waals surface area contributed by atoms with E-state index < -0.39 is 0 Å². The van der Waals surface area contributed by atoms with Crippen molar-refractivity contribution in [2.45, 2.75) is 12.1 Å². The maximum atomic E-state index is 5.31. The molecule has 0 aliphatic rings. The summed E-state index contributed by atoms with van der Waals surface area (Å²) in [5, 5.41) is 11.8. The third-order valence-corrected chi connectivity index (χ3v) is 2.26. The number of hydrogen-bond donors (Lipinski definition) is 0. The van der Waals surface area contributed by atoms with E-state index in [4.69, 9.17) is 15.4 Å². The third-order valence-electron chi connectivity index (χ3n) is 1.53. The number of thioether (sulfide) groups is 1. The van der Waals surface area contributed by atoms with Crippen LogP contribution in [0.15, 0.2) is 20.2 Å². The van der Waals surface area contributed by atoms with Crippen LogP contribution in [0.1, 0.15) is 5.76 Å². The molecule has 0 atom stereocenters. The lowest BCUT2D eigenvalue weighted by Gasteiger charge is -1.85. The summed E-state index contributed by atoms with van der Waals surface area (Å²) in [5.41, 5.74) is 0.535. The van der Waals surface area contributed by atoms with Gasteiger partial charge in [0.25, 0.3) is 11.1 Å². The van der Waals surface area contributed by atoms with E-state index in [0.29, 0.717) is 28.3 Å². The second-order valence-electron chi connectivity index (χ2n) is 2.69. The van der Waals surface area contributed by atoms with Gasteiger partial charge in [-0.2, -0.15) is 0 Å². The predicted molar refractivity (Wildman–Crippen MR) is 54.1 cm³/mol. The fourth-order valence-electron chi connectivity index (χ4n) is 0.942. The summed E-state index contributed by atoms with van der Waals surface area (Å²) in [6.45, 7) is 1.79. The third kappa shape index (κ3) is 2.19. The minimum atomic E-state index is 0.339. The molecule has 0 radical (unpaired) electrons. The van der Waals surface area contributed by atoms with E-state index in [2.05, 4.69) is 21.3 Å². The highest BCUT2D eigenvalue weighted by Crippen LogP contribution is 2.22. The SMILES string of the molecule is C#CCSc1nnc(-c2cc(C)on2)o1. The summed E-state index contributed by atoms with van der Waals surface area (Å²) in [6.07, 6.45) is 5.11. The van der Waals surface area contributed by atoms with Crippen molar-refractivity contribution >= 4 is 11.8 Å². The van der Waals surface area contributed by atoms with Gasteiger partial charge in [-0.25, -0.2) is 0 Å². The lowest BCUT2D eigenvalue weighted by molar-refractivity contribution is 0.394. The van der Waals surface area contributed by atoms with Gasteiger partial charge < -0.3 is 8.94 Å².